The predicted octanol–water partition coefficient (Wildman–Crippen LogP) is 4.06. The van der Waals surface area contributed by atoms with Gasteiger partial charge in [0.25, 0.3) is 5.91 Å². The van der Waals surface area contributed by atoms with Crippen molar-refractivity contribution in [3.05, 3.63) is 36.7 Å². The number of methoxy groups -OCH3 is 1. The molecule has 1 aromatic carbocycles. The van der Waals surface area contributed by atoms with Gasteiger partial charge < -0.3 is 29.7 Å². The first kappa shape index (κ1) is 41.0. The van der Waals surface area contributed by atoms with Crippen molar-refractivity contribution in [3.63, 3.8) is 0 Å². The number of nitrogens with zero attached hydrogens (tertiary/aromatic N) is 3. The number of aromatic nitrogens is 2. The van der Waals surface area contributed by atoms with Crippen LogP contribution < -0.4 is 24.8 Å². The monoisotopic (exact) mass is 808 g/mol. The number of ether oxygens (including phenoxy) is 3. The van der Waals surface area contributed by atoms with Gasteiger partial charge in [-0.05, 0) is 70.4 Å². The number of alkyl carbamates (subject to hydrolysis) is 1. The van der Waals surface area contributed by atoms with Gasteiger partial charge in [-0.25, -0.2) is 23.2 Å². The molecule has 6 rings (SSSR count). The molecule has 3 heterocycles. The lowest BCUT2D eigenvalue weighted by Gasteiger charge is -2.34. The summed E-state index contributed by atoms with van der Waals surface area (Å²) in [5.41, 5.74) is -4.01. The van der Waals surface area contributed by atoms with Crippen molar-refractivity contribution in [3.8, 4) is 11.6 Å². The molecule has 0 spiro atoms. The summed E-state index contributed by atoms with van der Waals surface area (Å²) in [6, 6.07) is 2.32. The van der Waals surface area contributed by atoms with Gasteiger partial charge in [0.1, 0.15) is 35.8 Å². The number of carbonyl (C=O) groups is 4. The topological polar surface area (TPSA) is 195 Å². The first-order chi connectivity index (χ1) is 26.4. The van der Waals surface area contributed by atoms with Gasteiger partial charge in [-0.1, -0.05) is 31.9 Å². The predicted molar refractivity (Wildman–Crippen MR) is 195 cm³/mol. The third-order valence-corrected chi connectivity index (χ3v) is 12.8. The maximum absolute atomic E-state index is 14.7. The number of benzene rings is 1. The second kappa shape index (κ2) is 15.7. The molecule has 0 unspecified atom stereocenters. The SMILES string of the molecule is CC[C@@H]1CCCC/C=C\[C@@H]2C[C@@]2(C(=O)NS(=O)(=O)C2CC2)NC(=O)[C@@H]2C[C@@H](Oc3ncnc4cc(OC)ccc34)CN2C(=O)[C@H]1NC(=O)OC(C)(C)C(F)(F)F. The second-order valence-electron chi connectivity index (χ2n) is 15.4. The summed E-state index contributed by atoms with van der Waals surface area (Å²) in [5, 5.41) is 4.99. The van der Waals surface area contributed by atoms with Crippen molar-refractivity contribution in [2.45, 2.75) is 119 Å². The second-order valence-corrected chi connectivity index (χ2v) is 17.4. The first-order valence-electron chi connectivity index (χ1n) is 18.8. The van der Waals surface area contributed by atoms with Crippen LogP contribution in [-0.2, 0) is 29.1 Å². The highest BCUT2D eigenvalue weighted by Crippen LogP contribution is 2.46. The van der Waals surface area contributed by atoms with E-state index in [2.05, 4.69) is 25.3 Å². The van der Waals surface area contributed by atoms with Gasteiger partial charge in [0.05, 0.1) is 29.8 Å². The van der Waals surface area contributed by atoms with Crippen LogP contribution in [0, 0.1) is 11.8 Å². The van der Waals surface area contributed by atoms with Crippen molar-refractivity contribution in [2.75, 3.05) is 13.7 Å². The summed E-state index contributed by atoms with van der Waals surface area (Å²) >= 11 is 0. The number of alkyl halides is 3. The van der Waals surface area contributed by atoms with Gasteiger partial charge in [0.15, 0.2) is 0 Å². The van der Waals surface area contributed by atoms with E-state index in [4.69, 9.17) is 14.2 Å². The Hall–Kier alpha value is -4.68. The summed E-state index contributed by atoms with van der Waals surface area (Å²) in [6.45, 7) is 2.96. The average Bonchev–Trinajstić information content (AvgIpc) is 4.06. The lowest BCUT2D eigenvalue weighted by Crippen LogP contribution is -2.59. The van der Waals surface area contributed by atoms with E-state index in [1.165, 1.54) is 18.3 Å². The number of carbonyl (C=O) groups excluding carboxylic acids is 4. The molecule has 0 bridgehead atoms. The van der Waals surface area contributed by atoms with Crippen LogP contribution in [0.15, 0.2) is 36.7 Å². The molecule has 2 aromatic rings. The highest BCUT2D eigenvalue weighted by Gasteiger charge is 2.62. The Morgan fingerprint density at radius 3 is 2.54 bits per heavy atom. The summed E-state index contributed by atoms with van der Waals surface area (Å²) in [4.78, 5) is 65.7. The summed E-state index contributed by atoms with van der Waals surface area (Å²) in [7, 11) is -2.47. The van der Waals surface area contributed by atoms with Gasteiger partial charge in [-0.15, -0.1) is 0 Å². The van der Waals surface area contributed by atoms with Crippen LogP contribution in [0.5, 0.6) is 11.6 Å². The molecule has 2 aliphatic carbocycles. The van der Waals surface area contributed by atoms with E-state index in [1.54, 1.807) is 31.2 Å². The molecule has 3 N–H and O–H groups in total. The first-order valence-corrected chi connectivity index (χ1v) is 20.3. The van der Waals surface area contributed by atoms with Crippen molar-refractivity contribution < 1.29 is 55.0 Å². The zero-order valence-corrected chi connectivity index (χ0v) is 32.4. The number of sulfonamides is 1. The Balaban J connectivity index is 1.34. The van der Waals surface area contributed by atoms with E-state index in [0.717, 1.165) is 0 Å². The Morgan fingerprint density at radius 2 is 1.86 bits per heavy atom. The number of amides is 4. The molecule has 0 radical (unpaired) electrons. The Kier molecular flexibility index (Phi) is 11.5. The molecule has 2 aliphatic heterocycles. The van der Waals surface area contributed by atoms with Gasteiger partial charge in [0, 0.05) is 18.4 Å². The molecule has 6 atom stereocenters. The maximum Gasteiger partial charge on any atom is 0.427 e. The largest absolute Gasteiger partial charge is 0.497 e. The third-order valence-electron chi connectivity index (χ3n) is 11.0. The molecule has 1 aromatic heterocycles. The molecule has 19 heteroatoms. The Morgan fingerprint density at radius 1 is 1.11 bits per heavy atom. The lowest BCUT2D eigenvalue weighted by atomic mass is 9.89. The van der Waals surface area contributed by atoms with Gasteiger partial charge in [-0.2, -0.15) is 13.2 Å². The van der Waals surface area contributed by atoms with Gasteiger partial charge in [-0.3, -0.25) is 19.1 Å². The van der Waals surface area contributed by atoms with E-state index in [0.29, 0.717) is 75.4 Å². The van der Waals surface area contributed by atoms with E-state index in [1.807, 2.05) is 6.08 Å². The fourth-order valence-electron chi connectivity index (χ4n) is 7.27. The Bertz CT molecular complexity index is 1990. The normalized spacial score (nSPS) is 28.1. The van der Waals surface area contributed by atoms with Crippen LogP contribution >= 0.6 is 0 Å². The van der Waals surface area contributed by atoms with Crippen LogP contribution in [-0.4, -0.2) is 102 Å². The van der Waals surface area contributed by atoms with E-state index in [-0.39, 0.29) is 25.3 Å². The van der Waals surface area contributed by atoms with Gasteiger partial charge >= 0.3 is 12.3 Å². The molecular formula is C37H47F3N6O9S. The summed E-state index contributed by atoms with van der Waals surface area (Å²) < 4.78 is 85.3. The zero-order chi connectivity index (χ0) is 40.6. The van der Waals surface area contributed by atoms with Crippen molar-refractivity contribution >= 4 is 44.7 Å². The zero-order valence-electron chi connectivity index (χ0n) is 31.6. The molecule has 4 amide bonds. The maximum atomic E-state index is 14.7. The Labute approximate surface area is 322 Å². The van der Waals surface area contributed by atoms with Crippen LogP contribution in [0.4, 0.5) is 18.0 Å². The molecule has 1 saturated heterocycles. The minimum Gasteiger partial charge on any atom is -0.497 e. The highest BCUT2D eigenvalue weighted by atomic mass is 32.2. The average molecular weight is 809 g/mol. The number of halogens is 3. The molecule has 3 fully saturated rings. The molecule has 2 saturated carbocycles. The number of nitrogens with one attached hydrogen (secondary N) is 3. The van der Waals surface area contributed by atoms with Gasteiger partial charge in [0.2, 0.25) is 33.3 Å². The molecule has 56 heavy (non-hydrogen) atoms. The van der Waals surface area contributed by atoms with Crippen molar-refractivity contribution in [1.29, 1.82) is 0 Å². The van der Waals surface area contributed by atoms with E-state index >= 15 is 0 Å². The standard InChI is InChI=1S/C37H47F3N6O9S/c1-5-21-10-8-6-7-9-11-22-18-36(22,33(49)45-56(51,52)25-13-14-25)44-30(47)28-17-24(54-31-26-15-12-23(53-4)16-27(26)41-20-42-31)19-46(28)32(48)29(21)43-34(50)55-35(2,3)37(38,39)40/h9,11-12,15-16,20-22,24-25,28-29H,5-8,10,13-14,17-19H2,1-4H3,(H,43,50)(H,44,47)(H,45,49)/b11-9-/t21-,22-,24-,28+,29+,36-/m1/s1. The fourth-order valence-corrected chi connectivity index (χ4v) is 8.64. The molecule has 4 aliphatic rings. The summed E-state index contributed by atoms with van der Waals surface area (Å²) in [6.07, 6.45) is 1.00. The molecule has 306 valence electrons. The number of fused-ring (bicyclic) bond motifs is 3. The molecular weight excluding hydrogens is 762 g/mol. The molecule has 15 nitrogen and oxygen atoms in total. The number of hydrogen-bond donors (Lipinski definition) is 3. The van der Waals surface area contributed by atoms with E-state index < -0.39 is 86.4 Å². The fraction of sp³-hybridized carbons (Fsp3) is 0.622. The van der Waals surface area contributed by atoms with Crippen LogP contribution in [0.3, 0.4) is 0 Å². The number of rotatable bonds is 9. The lowest BCUT2D eigenvalue weighted by molar-refractivity contribution is -0.244. The summed E-state index contributed by atoms with van der Waals surface area (Å²) in [5.74, 6) is -2.85. The van der Waals surface area contributed by atoms with E-state index in [9.17, 15) is 40.8 Å². The number of allylic oxidation sites excluding steroid dienone is 1. The minimum atomic E-state index is -4.91. The highest BCUT2D eigenvalue weighted by molar-refractivity contribution is 7.91. The van der Waals surface area contributed by atoms with Crippen LogP contribution in [0.1, 0.15) is 78.6 Å². The van der Waals surface area contributed by atoms with Crippen molar-refractivity contribution in [2.24, 2.45) is 11.8 Å². The number of hydrogen-bond acceptors (Lipinski definition) is 11. The van der Waals surface area contributed by atoms with Crippen molar-refractivity contribution in [1.82, 2.24) is 30.2 Å². The minimum absolute atomic E-state index is 0.112. The third kappa shape index (κ3) is 8.66. The quantitative estimate of drug-likeness (QED) is 0.309. The van der Waals surface area contributed by atoms with Crippen LogP contribution in [0.2, 0.25) is 0 Å². The smallest absolute Gasteiger partial charge is 0.427 e. The van der Waals surface area contributed by atoms with Crippen LogP contribution in [0.25, 0.3) is 10.9 Å².